The number of thiophene rings is 4. The number of aryl methyl sites for hydroxylation is 1. The molecule has 6 aromatic rings. The summed E-state index contributed by atoms with van der Waals surface area (Å²) in [4.78, 5) is 1.55. The van der Waals surface area contributed by atoms with E-state index in [0.717, 1.165) is 0 Å². The summed E-state index contributed by atoms with van der Waals surface area (Å²) < 4.78 is 8.63. The summed E-state index contributed by atoms with van der Waals surface area (Å²) in [7, 11) is 0. The van der Waals surface area contributed by atoms with Crippen LogP contribution in [-0.2, 0) is 6.42 Å². The Labute approximate surface area is 167 Å². The summed E-state index contributed by atoms with van der Waals surface area (Å²) in [5.74, 6) is 0. The maximum atomic E-state index is 2.46. The van der Waals surface area contributed by atoms with Gasteiger partial charge in [0, 0.05) is 44.5 Å². The van der Waals surface area contributed by atoms with E-state index in [1.165, 1.54) is 69.0 Å². The number of hydrogen-bond donors (Lipinski definition) is 0. The molecule has 26 heavy (non-hydrogen) atoms. The Hall–Kier alpha value is -1.46. The van der Waals surface area contributed by atoms with Crippen LogP contribution in [-0.4, -0.2) is 0 Å². The van der Waals surface area contributed by atoms with Gasteiger partial charge in [-0.3, -0.25) is 0 Å². The van der Waals surface area contributed by atoms with Gasteiger partial charge in [-0.15, -0.1) is 45.3 Å². The molecule has 0 saturated carbocycles. The number of rotatable bonds is 3. The molecule has 0 unspecified atom stereocenters. The summed E-state index contributed by atoms with van der Waals surface area (Å²) in [5, 5.41) is 7.87. The average Bonchev–Trinajstić information content (AvgIpc) is 3.37. The predicted molar refractivity (Wildman–Crippen MR) is 124 cm³/mol. The summed E-state index contributed by atoms with van der Waals surface area (Å²) in [6, 6.07) is 14.3. The monoisotopic (exact) mass is 408 g/mol. The van der Waals surface area contributed by atoms with Crippen molar-refractivity contribution in [1.82, 2.24) is 0 Å². The normalized spacial score (nSPS) is 12.5. The third-order valence-electron chi connectivity index (χ3n) is 5.14. The topological polar surface area (TPSA) is 0 Å². The van der Waals surface area contributed by atoms with Crippen LogP contribution in [0.15, 0.2) is 41.8 Å². The van der Waals surface area contributed by atoms with E-state index in [9.17, 15) is 0 Å². The second-order valence-corrected chi connectivity index (χ2v) is 11.1. The van der Waals surface area contributed by atoms with Crippen molar-refractivity contribution in [2.45, 2.75) is 26.2 Å². The Morgan fingerprint density at radius 3 is 2.46 bits per heavy atom. The van der Waals surface area contributed by atoms with Crippen molar-refractivity contribution in [3.05, 3.63) is 46.7 Å². The minimum Gasteiger partial charge on any atom is -0.144 e. The lowest BCUT2D eigenvalue weighted by Gasteiger charge is -1.95. The van der Waals surface area contributed by atoms with Crippen LogP contribution in [0.4, 0.5) is 0 Å². The van der Waals surface area contributed by atoms with E-state index in [4.69, 9.17) is 0 Å². The molecule has 0 nitrogen and oxygen atoms in total. The number of fused-ring (bicyclic) bond motifs is 7. The zero-order chi connectivity index (χ0) is 17.3. The fourth-order valence-electron chi connectivity index (χ4n) is 3.80. The third-order valence-corrected chi connectivity index (χ3v) is 9.59. The van der Waals surface area contributed by atoms with Gasteiger partial charge in [-0.1, -0.05) is 13.3 Å². The highest BCUT2D eigenvalue weighted by molar-refractivity contribution is 7.33. The minimum atomic E-state index is 1.23. The summed E-state index contributed by atoms with van der Waals surface area (Å²) in [6.45, 7) is 2.27. The molecule has 0 fully saturated rings. The SMILES string of the molecule is CCCCc1cc2sc3cc4sc5cc6ccsc6cc5c4cc3c2s1. The summed E-state index contributed by atoms with van der Waals surface area (Å²) in [5.41, 5.74) is 0. The van der Waals surface area contributed by atoms with Crippen LogP contribution in [0, 0.1) is 0 Å². The van der Waals surface area contributed by atoms with Crippen LogP contribution in [0.25, 0.3) is 49.7 Å². The number of benzene rings is 2. The van der Waals surface area contributed by atoms with E-state index in [2.05, 4.69) is 48.7 Å². The fraction of sp³-hybridized carbons (Fsp3) is 0.182. The van der Waals surface area contributed by atoms with E-state index < -0.39 is 0 Å². The summed E-state index contributed by atoms with van der Waals surface area (Å²) >= 11 is 7.75. The fourth-order valence-corrected chi connectivity index (χ4v) is 8.44. The molecule has 2 aromatic carbocycles. The standard InChI is InChI=1S/C22H16S4/c1-2-3-4-13-8-21-22(24-13)16-9-14-15-10-17-12(5-6-23-17)7-18(15)25-19(14)11-20(16)26-21/h5-11H,2-4H2,1H3. The van der Waals surface area contributed by atoms with E-state index in [1.54, 1.807) is 4.88 Å². The van der Waals surface area contributed by atoms with Gasteiger partial charge in [0.05, 0.1) is 4.70 Å². The molecule has 0 amide bonds. The first-order valence-electron chi connectivity index (χ1n) is 8.98. The molecule has 4 aromatic heterocycles. The van der Waals surface area contributed by atoms with Crippen molar-refractivity contribution in [3.8, 4) is 0 Å². The van der Waals surface area contributed by atoms with Crippen molar-refractivity contribution in [3.63, 3.8) is 0 Å². The van der Waals surface area contributed by atoms with Gasteiger partial charge in [-0.25, -0.2) is 0 Å². The Kier molecular flexibility index (Phi) is 3.46. The van der Waals surface area contributed by atoms with E-state index >= 15 is 0 Å². The molecular formula is C22H16S4. The van der Waals surface area contributed by atoms with E-state index in [-0.39, 0.29) is 0 Å². The van der Waals surface area contributed by atoms with Gasteiger partial charge in [0.25, 0.3) is 0 Å². The quantitative estimate of drug-likeness (QED) is 0.274. The lowest BCUT2D eigenvalue weighted by Crippen LogP contribution is -1.76. The molecule has 4 heteroatoms. The van der Waals surface area contributed by atoms with Gasteiger partial charge in [-0.05, 0) is 60.0 Å². The summed E-state index contributed by atoms with van der Waals surface area (Å²) in [6.07, 6.45) is 3.79. The molecule has 6 rings (SSSR count). The van der Waals surface area contributed by atoms with Gasteiger partial charge in [0.15, 0.2) is 0 Å². The number of unbranched alkanes of at least 4 members (excludes halogenated alkanes) is 1. The second-order valence-electron chi connectivity index (χ2n) is 6.87. The van der Waals surface area contributed by atoms with Crippen LogP contribution in [0.5, 0.6) is 0 Å². The molecule has 0 spiro atoms. The van der Waals surface area contributed by atoms with Crippen LogP contribution in [0.2, 0.25) is 0 Å². The largest absolute Gasteiger partial charge is 0.144 e. The first kappa shape index (κ1) is 15.6. The van der Waals surface area contributed by atoms with Crippen LogP contribution in [0.3, 0.4) is 0 Å². The highest BCUT2D eigenvalue weighted by atomic mass is 32.1. The Morgan fingerprint density at radius 1 is 0.731 bits per heavy atom. The van der Waals surface area contributed by atoms with Crippen molar-refractivity contribution >= 4 is 95.1 Å². The Bertz CT molecular complexity index is 1420. The minimum absolute atomic E-state index is 1.23. The molecule has 0 bridgehead atoms. The molecule has 0 aliphatic carbocycles. The molecule has 128 valence electrons. The molecule has 4 heterocycles. The van der Waals surface area contributed by atoms with E-state index in [0.29, 0.717) is 0 Å². The maximum Gasteiger partial charge on any atom is 0.0532 e. The maximum absolute atomic E-state index is 2.46. The zero-order valence-corrected chi connectivity index (χ0v) is 17.6. The Balaban J connectivity index is 1.64. The lowest BCUT2D eigenvalue weighted by atomic mass is 10.1. The highest BCUT2D eigenvalue weighted by Gasteiger charge is 2.14. The first-order valence-corrected chi connectivity index (χ1v) is 12.3. The molecule has 0 aliphatic rings. The van der Waals surface area contributed by atoms with E-state index in [1.807, 2.05) is 45.3 Å². The molecule has 0 saturated heterocycles. The molecular weight excluding hydrogens is 393 g/mol. The molecule has 0 atom stereocenters. The van der Waals surface area contributed by atoms with Gasteiger partial charge in [0.2, 0.25) is 0 Å². The Morgan fingerprint density at radius 2 is 1.54 bits per heavy atom. The van der Waals surface area contributed by atoms with Crippen LogP contribution in [0.1, 0.15) is 24.6 Å². The van der Waals surface area contributed by atoms with Gasteiger partial charge in [-0.2, -0.15) is 0 Å². The zero-order valence-electron chi connectivity index (χ0n) is 14.3. The first-order chi connectivity index (χ1) is 12.8. The third kappa shape index (κ3) is 2.23. The lowest BCUT2D eigenvalue weighted by molar-refractivity contribution is 0.804. The van der Waals surface area contributed by atoms with Gasteiger partial charge >= 0.3 is 0 Å². The molecule has 0 N–H and O–H groups in total. The molecule has 0 radical (unpaired) electrons. The van der Waals surface area contributed by atoms with Crippen LogP contribution >= 0.6 is 45.3 Å². The highest BCUT2D eigenvalue weighted by Crippen LogP contribution is 2.45. The van der Waals surface area contributed by atoms with Crippen molar-refractivity contribution in [1.29, 1.82) is 0 Å². The predicted octanol–water partition coefficient (Wildman–Crippen LogP) is 9.04. The van der Waals surface area contributed by atoms with Crippen LogP contribution < -0.4 is 0 Å². The van der Waals surface area contributed by atoms with Crippen molar-refractivity contribution in [2.24, 2.45) is 0 Å². The van der Waals surface area contributed by atoms with Gasteiger partial charge < -0.3 is 0 Å². The average molecular weight is 409 g/mol. The smallest absolute Gasteiger partial charge is 0.0532 e. The van der Waals surface area contributed by atoms with Crippen molar-refractivity contribution in [2.75, 3.05) is 0 Å². The second kappa shape index (κ2) is 5.77. The van der Waals surface area contributed by atoms with Gasteiger partial charge in [0.1, 0.15) is 0 Å². The van der Waals surface area contributed by atoms with Crippen molar-refractivity contribution < 1.29 is 0 Å². The number of hydrogen-bond acceptors (Lipinski definition) is 4. The molecule has 0 aliphatic heterocycles.